The minimum atomic E-state index is 0.0185. The van der Waals surface area contributed by atoms with Gasteiger partial charge in [0.1, 0.15) is 11.4 Å². The molecule has 1 saturated heterocycles. The van der Waals surface area contributed by atoms with E-state index in [9.17, 15) is 9.59 Å². The van der Waals surface area contributed by atoms with Crippen LogP contribution in [0.15, 0.2) is 83.7 Å². The molecule has 2 aliphatic rings. The number of fused-ring (bicyclic) bond motifs is 5. The van der Waals surface area contributed by atoms with E-state index in [-0.39, 0.29) is 23.3 Å². The molecule has 1 fully saturated rings. The largest absolute Gasteiger partial charge is 0.497 e. The third-order valence-electron chi connectivity index (χ3n) is 7.53. The number of nitrogens with zero attached hydrogens (tertiary/aromatic N) is 2. The highest BCUT2D eigenvalue weighted by atomic mass is 16.5. The van der Waals surface area contributed by atoms with Gasteiger partial charge < -0.3 is 19.5 Å². The van der Waals surface area contributed by atoms with Crippen molar-refractivity contribution in [2.24, 2.45) is 5.92 Å². The number of hydrogen-bond acceptors (Lipinski definition) is 4. The zero-order chi connectivity index (χ0) is 24.6. The smallest absolute Gasteiger partial charge is 0.274 e. The van der Waals surface area contributed by atoms with Crippen LogP contribution < -0.4 is 15.6 Å². The van der Waals surface area contributed by atoms with Crippen molar-refractivity contribution in [2.45, 2.75) is 25.4 Å². The molecule has 1 aromatic heterocycles. The molecule has 2 aliphatic heterocycles. The number of piperidine rings is 1. The second kappa shape index (κ2) is 9.19. The number of amides is 1. The van der Waals surface area contributed by atoms with Crippen LogP contribution in [0.2, 0.25) is 0 Å². The molecule has 4 aromatic rings. The number of aromatic nitrogens is 1. The van der Waals surface area contributed by atoms with Crippen molar-refractivity contribution in [3.05, 3.63) is 106 Å². The third-order valence-corrected chi connectivity index (χ3v) is 7.53. The van der Waals surface area contributed by atoms with E-state index >= 15 is 0 Å². The normalized spacial score (nSPS) is 18.5. The summed E-state index contributed by atoms with van der Waals surface area (Å²) in [5.74, 6) is 1.33. The third kappa shape index (κ3) is 4.13. The van der Waals surface area contributed by atoms with Gasteiger partial charge in [-0.1, -0.05) is 42.5 Å². The predicted octanol–water partition coefficient (Wildman–Crippen LogP) is 4.88. The number of carbonyl (C=O) groups excluding carboxylic acids is 1. The summed E-state index contributed by atoms with van der Waals surface area (Å²) >= 11 is 0. The van der Waals surface area contributed by atoms with Crippen LogP contribution >= 0.6 is 0 Å². The van der Waals surface area contributed by atoms with Gasteiger partial charge in [0.25, 0.3) is 11.5 Å². The highest BCUT2D eigenvalue weighted by molar-refractivity contribution is 5.98. The molecule has 0 unspecified atom stereocenters. The number of rotatable bonds is 5. The fraction of sp³-hybridized carbons (Fsp3) is 0.267. The standard InChI is InChI=1S/C30H29N3O3/c1-36-26-10-6-20(7-11-26)16-31-27-12-13-28-25-14-21(18-33(28)30(27)35)17-32(19-25)29(34)24-9-8-22-4-2-3-5-23(22)15-24/h2-13,15,21,25,31H,14,16-19H2,1H3/t21-,25+/m0/s1. The second-order valence-electron chi connectivity index (χ2n) is 9.86. The molecule has 1 N–H and O–H groups in total. The lowest BCUT2D eigenvalue weighted by molar-refractivity contribution is 0.0595. The Labute approximate surface area is 210 Å². The van der Waals surface area contributed by atoms with Crippen molar-refractivity contribution >= 4 is 22.4 Å². The molecule has 6 nitrogen and oxygen atoms in total. The molecule has 1 amide bonds. The molecule has 0 spiro atoms. The van der Waals surface area contributed by atoms with Gasteiger partial charge in [-0.2, -0.15) is 0 Å². The molecule has 0 saturated carbocycles. The van der Waals surface area contributed by atoms with Gasteiger partial charge in [0.2, 0.25) is 0 Å². The molecular weight excluding hydrogens is 450 g/mol. The maximum absolute atomic E-state index is 13.4. The zero-order valence-electron chi connectivity index (χ0n) is 20.3. The molecule has 3 aromatic carbocycles. The van der Waals surface area contributed by atoms with Crippen LogP contribution in [0.1, 0.15) is 34.0 Å². The first-order valence-electron chi connectivity index (χ1n) is 12.5. The van der Waals surface area contributed by atoms with E-state index in [1.165, 1.54) is 0 Å². The Bertz CT molecular complexity index is 1490. The number of benzene rings is 3. The van der Waals surface area contributed by atoms with Crippen molar-refractivity contribution in [3.63, 3.8) is 0 Å². The van der Waals surface area contributed by atoms with E-state index < -0.39 is 0 Å². The van der Waals surface area contributed by atoms with Gasteiger partial charge in [-0.15, -0.1) is 0 Å². The van der Waals surface area contributed by atoms with Gasteiger partial charge in [-0.25, -0.2) is 0 Å². The lowest BCUT2D eigenvalue weighted by atomic mass is 9.83. The Morgan fingerprint density at radius 3 is 2.56 bits per heavy atom. The molecule has 2 atom stereocenters. The Hall–Kier alpha value is -4.06. The number of anilines is 1. The molecule has 36 heavy (non-hydrogen) atoms. The Morgan fingerprint density at radius 1 is 0.944 bits per heavy atom. The average Bonchev–Trinajstić information content (AvgIpc) is 2.92. The quantitative estimate of drug-likeness (QED) is 0.443. The summed E-state index contributed by atoms with van der Waals surface area (Å²) in [4.78, 5) is 28.7. The maximum atomic E-state index is 13.4. The molecule has 0 radical (unpaired) electrons. The summed E-state index contributed by atoms with van der Waals surface area (Å²) in [5.41, 5.74) is 3.47. The summed E-state index contributed by atoms with van der Waals surface area (Å²) in [6.45, 7) is 2.53. The molecule has 0 aliphatic carbocycles. The number of likely N-dealkylation sites (tertiary alicyclic amines) is 1. The van der Waals surface area contributed by atoms with Gasteiger partial charge in [-0.3, -0.25) is 9.59 Å². The van der Waals surface area contributed by atoms with Crippen molar-refractivity contribution in [1.82, 2.24) is 9.47 Å². The highest BCUT2D eigenvalue weighted by Gasteiger charge is 2.37. The van der Waals surface area contributed by atoms with Crippen LogP contribution in [0, 0.1) is 5.92 Å². The van der Waals surface area contributed by atoms with Crippen LogP contribution in [0.5, 0.6) is 5.75 Å². The van der Waals surface area contributed by atoms with Crippen LogP contribution in [0.4, 0.5) is 5.69 Å². The number of pyridine rings is 1. The lowest BCUT2D eigenvalue weighted by Gasteiger charge is -2.43. The van der Waals surface area contributed by atoms with E-state index in [1.807, 2.05) is 76.2 Å². The van der Waals surface area contributed by atoms with Crippen LogP contribution in [-0.2, 0) is 13.1 Å². The molecule has 182 valence electrons. The minimum Gasteiger partial charge on any atom is -0.497 e. The van der Waals surface area contributed by atoms with E-state index in [0.717, 1.165) is 39.8 Å². The van der Waals surface area contributed by atoms with E-state index in [4.69, 9.17) is 4.74 Å². The number of nitrogens with one attached hydrogen (secondary N) is 1. The highest BCUT2D eigenvalue weighted by Crippen LogP contribution is 2.36. The van der Waals surface area contributed by atoms with E-state index in [2.05, 4.69) is 17.4 Å². The van der Waals surface area contributed by atoms with Gasteiger partial charge in [-0.05, 0) is 65.1 Å². The summed E-state index contributed by atoms with van der Waals surface area (Å²) in [6, 6.07) is 25.8. The number of hydrogen-bond donors (Lipinski definition) is 1. The Kier molecular flexibility index (Phi) is 5.72. The first-order chi connectivity index (χ1) is 17.6. The van der Waals surface area contributed by atoms with Crippen LogP contribution in [0.3, 0.4) is 0 Å². The van der Waals surface area contributed by atoms with Gasteiger partial charge in [0, 0.05) is 43.4 Å². The number of ether oxygens (including phenoxy) is 1. The zero-order valence-corrected chi connectivity index (χ0v) is 20.3. The molecular formula is C30H29N3O3. The van der Waals surface area contributed by atoms with Gasteiger partial charge in [0.05, 0.1) is 7.11 Å². The molecule has 6 rings (SSSR count). The van der Waals surface area contributed by atoms with Gasteiger partial charge in [0.15, 0.2) is 0 Å². The SMILES string of the molecule is COc1ccc(CNc2ccc3n(c2=O)C[C@H]2C[C@@H]3CN(C(=O)c3ccc4ccccc4c3)C2)cc1. The van der Waals surface area contributed by atoms with Crippen LogP contribution in [-0.4, -0.2) is 35.6 Å². The molecule has 2 bridgehead atoms. The summed E-state index contributed by atoms with van der Waals surface area (Å²) in [5, 5.41) is 5.52. The first-order valence-corrected chi connectivity index (χ1v) is 12.5. The van der Waals surface area contributed by atoms with Gasteiger partial charge >= 0.3 is 0 Å². The van der Waals surface area contributed by atoms with Crippen LogP contribution in [0.25, 0.3) is 10.8 Å². The van der Waals surface area contributed by atoms with E-state index in [1.54, 1.807) is 7.11 Å². The number of methoxy groups -OCH3 is 1. The maximum Gasteiger partial charge on any atom is 0.274 e. The molecule has 3 heterocycles. The van der Waals surface area contributed by atoms with Crippen molar-refractivity contribution < 1.29 is 9.53 Å². The molecule has 6 heteroatoms. The van der Waals surface area contributed by atoms with Crippen molar-refractivity contribution in [1.29, 1.82) is 0 Å². The summed E-state index contributed by atoms with van der Waals surface area (Å²) in [6.07, 6.45) is 1.01. The second-order valence-corrected chi connectivity index (χ2v) is 9.86. The first kappa shape index (κ1) is 22.4. The Morgan fingerprint density at radius 2 is 1.75 bits per heavy atom. The fourth-order valence-corrected chi connectivity index (χ4v) is 5.69. The average molecular weight is 480 g/mol. The Balaban J connectivity index is 1.19. The number of carbonyl (C=O) groups is 1. The minimum absolute atomic E-state index is 0.0185. The monoisotopic (exact) mass is 479 g/mol. The summed E-state index contributed by atoms with van der Waals surface area (Å²) < 4.78 is 7.14. The van der Waals surface area contributed by atoms with E-state index in [0.29, 0.717) is 31.9 Å². The summed E-state index contributed by atoms with van der Waals surface area (Å²) in [7, 11) is 1.65. The predicted molar refractivity (Wildman–Crippen MR) is 142 cm³/mol. The van der Waals surface area contributed by atoms with Crippen molar-refractivity contribution in [2.75, 3.05) is 25.5 Å². The lowest BCUT2D eigenvalue weighted by Crippen LogP contribution is -2.49. The fourth-order valence-electron chi connectivity index (χ4n) is 5.69. The topological polar surface area (TPSA) is 63.6 Å². The van der Waals surface area contributed by atoms with Crippen molar-refractivity contribution in [3.8, 4) is 5.75 Å².